The van der Waals surface area contributed by atoms with E-state index in [-0.39, 0.29) is 96.4 Å². The first-order valence-corrected chi connectivity index (χ1v) is 29.6. The minimum absolute atomic E-state index is 0.00611. The number of esters is 1. The molecule has 12 nitrogen and oxygen atoms in total. The number of anilines is 1. The number of carbonyl (C=O) groups excluding carboxylic acids is 2. The van der Waals surface area contributed by atoms with Gasteiger partial charge in [-0.25, -0.2) is 4.57 Å². The molecule has 74 heavy (non-hydrogen) atoms. The Kier molecular flexibility index (Phi) is 17.2. The molecular weight excluding hydrogens is 954 g/mol. The lowest BCUT2D eigenvalue weighted by Gasteiger charge is -2.64. The number of aliphatic hydroxyl groups is 2. The highest BCUT2D eigenvalue weighted by molar-refractivity contribution is 7.48. The van der Waals surface area contributed by atoms with Crippen LogP contribution in [0.1, 0.15) is 142 Å². The van der Waals surface area contributed by atoms with Crippen LogP contribution in [0, 0.1) is 75.9 Å². The van der Waals surface area contributed by atoms with Crippen molar-refractivity contribution in [2.75, 3.05) is 52.2 Å². The molecule has 0 amide bonds. The number of allylic oxidation sites excluding steroid dienone is 4. The highest BCUT2D eigenvalue weighted by Crippen LogP contribution is 2.69. The number of fused-ring (bicyclic) bond motifs is 9. The second-order valence-corrected chi connectivity index (χ2v) is 25.8. The van der Waals surface area contributed by atoms with Crippen LogP contribution >= 0.6 is 7.82 Å². The maximum absolute atomic E-state index is 13.6. The molecular formula is C61H86NO11P. The number of aliphatic hydroxyl groups excluding tert-OH is 1. The second kappa shape index (κ2) is 22.9. The Labute approximate surface area is 442 Å². The summed E-state index contributed by atoms with van der Waals surface area (Å²) in [5.74, 6) is 8.83. The number of ether oxygens (including phenoxy) is 3. The molecule has 8 aliphatic rings. The molecule has 8 aliphatic carbocycles. The zero-order valence-electron chi connectivity index (χ0n) is 45.3. The molecule has 0 heterocycles. The van der Waals surface area contributed by atoms with E-state index in [2.05, 4.69) is 88.1 Å². The maximum Gasteiger partial charge on any atom is 0.477 e. The van der Waals surface area contributed by atoms with E-state index in [0.29, 0.717) is 49.9 Å². The zero-order chi connectivity index (χ0) is 52.6. The summed E-state index contributed by atoms with van der Waals surface area (Å²) in [6.07, 6.45) is 17.6. The van der Waals surface area contributed by atoms with Gasteiger partial charge in [-0.3, -0.25) is 23.2 Å². The third kappa shape index (κ3) is 10.7. The van der Waals surface area contributed by atoms with Crippen molar-refractivity contribution in [2.24, 2.45) is 64.1 Å². The minimum atomic E-state index is -3.97. The first-order chi connectivity index (χ1) is 35.5. The molecule has 0 aromatic heterocycles. The van der Waals surface area contributed by atoms with Crippen LogP contribution in [0.3, 0.4) is 0 Å². The monoisotopic (exact) mass is 1040 g/mol. The number of likely N-dealkylation sites (N-methyl/N-ethyl adjacent to an activating group) is 1. The van der Waals surface area contributed by atoms with Crippen molar-refractivity contribution in [2.45, 2.75) is 160 Å². The SMILES string of the molecule is C=CCOP(=O)(OCC=C)OCO[C@@H]1C[C@@H]2C[C@@H](OCCN(C)c3ccc([C@H]4C[C@H]5C(CC[C@@]5(O)C#CC)C5CC=C6CC(=O)CCC6=C54)cc3)CC[C@]2(C)[C@H]2C[C@H](O)[C@]3(C)[C@@H]([C@H](C)CCC(=O)OC)CC[C@H]3[C@H]12. The highest BCUT2D eigenvalue weighted by atomic mass is 31.2. The topological polar surface area (TPSA) is 150 Å². The Morgan fingerprint density at radius 1 is 0.959 bits per heavy atom. The molecule has 1 aromatic rings. The van der Waals surface area contributed by atoms with Crippen molar-refractivity contribution in [3.05, 3.63) is 77.9 Å². The van der Waals surface area contributed by atoms with Crippen LogP contribution in [-0.4, -0.2) is 93.2 Å². The van der Waals surface area contributed by atoms with Crippen molar-refractivity contribution in [1.82, 2.24) is 0 Å². The fraction of sp³-hybridized carbons (Fsp3) is 0.705. The van der Waals surface area contributed by atoms with Crippen LogP contribution in [0.5, 0.6) is 0 Å². The summed E-state index contributed by atoms with van der Waals surface area (Å²) < 4.78 is 49.1. The number of rotatable bonds is 20. The summed E-state index contributed by atoms with van der Waals surface area (Å²) in [7, 11) is -0.397. The van der Waals surface area contributed by atoms with Gasteiger partial charge < -0.3 is 29.3 Å². The molecule has 0 bridgehead atoms. The van der Waals surface area contributed by atoms with E-state index in [1.54, 1.807) is 0 Å². The first-order valence-electron chi connectivity index (χ1n) is 28.2. The predicted octanol–water partition coefficient (Wildman–Crippen LogP) is 11.5. The number of methoxy groups -OCH3 is 1. The summed E-state index contributed by atoms with van der Waals surface area (Å²) in [4.78, 5) is 27.1. The molecule has 2 unspecified atom stereocenters. The van der Waals surface area contributed by atoms with E-state index in [1.807, 2.05) is 6.92 Å². The van der Waals surface area contributed by atoms with Gasteiger partial charge in [-0.1, -0.05) is 62.6 Å². The third-order valence-electron chi connectivity index (χ3n) is 20.7. The molecule has 7 saturated carbocycles. The lowest BCUT2D eigenvalue weighted by atomic mass is 9.43. The van der Waals surface area contributed by atoms with Gasteiger partial charge in [0.1, 0.15) is 11.4 Å². The molecule has 0 aliphatic heterocycles. The smallest absolute Gasteiger partial charge is 0.469 e. The molecule has 16 atom stereocenters. The number of ketones is 1. The molecule has 13 heteroatoms. The zero-order valence-corrected chi connectivity index (χ0v) is 46.2. The lowest BCUT2D eigenvalue weighted by molar-refractivity contribution is -0.228. The van der Waals surface area contributed by atoms with Gasteiger partial charge in [0.05, 0.1) is 45.2 Å². The number of hydrogen-bond acceptors (Lipinski definition) is 12. The molecule has 0 radical (unpaired) electrons. The Morgan fingerprint density at radius 2 is 1.72 bits per heavy atom. The van der Waals surface area contributed by atoms with Gasteiger partial charge in [0.15, 0.2) is 6.79 Å². The van der Waals surface area contributed by atoms with Crippen molar-refractivity contribution >= 4 is 25.3 Å². The van der Waals surface area contributed by atoms with Crippen LogP contribution in [0.2, 0.25) is 0 Å². The molecule has 1 aromatic carbocycles. The fourth-order valence-electron chi connectivity index (χ4n) is 17.0. The standard InChI is InChI=1S/C61H86NO11P/c1-9-26-61(66)28-25-47-48-19-15-41-33-44(63)18-20-46(41)57(48)49(36-52(47)61)40-13-16-43(17-14-40)62(7)29-32-69-45-24-27-59(5)42(34-45)35-54(70-38-73-74(67,71-30-10-2)72-31-11-3)58-51-22-21-50(39(4)12-23-56(65)68-8)60(51,6)55(64)37-53(58)59/h10-11,13-17,39,42,45,47-55,58,64,66H,2-3,12,18-25,27-38H2,1,4-8H3/t39-,42+,45+,47?,48?,49-,50-,51+,52+,53+,54-,55+,58+,59+,60-,61+/m1/s1. The van der Waals surface area contributed by atoms with Gasteiger partial charge in [0.2, 0.25) is 0 Å². The average Bonchev–Trinajstić information content (AvgIpc) is 3.96. The number of carbonyl (C=O) groups is 2. The number of phosphoric ester groups is 1. The summed E-state index contributed by atoms with van der Waals surface area (Å²) in [5, 5.41) is 24.3. The fourth-order valence-corrected chi connectivity index (χ4v) is 18.0. The van der Waals surface area contributed by atoms with E-state index in [4.69, 9.17) is 27.8 Å². The second-order valence-electron chi connectivity index (χ2n) is 24.1. The average molecular weight is 1040 g/mol. The maximum atomic E-state index is 13.6. The minimum Gasteiger partial charge on any atom is -0.469 e. The van der Waals surface area contributed by atoms with E-state index < -0.39 is 19.5 Å². The van der Waals surface area contributed by atoms with Crippen molar-refractivity contribution in [3.63, 3.8) is 0 Å². The van der Waals surface area contributed by atoms with Gasteiger partial charge in [-0.15, -0.1) is 19.1 Å². The van der Waals surface area contributed by atoms with E-state index >= 15 is 0 Å². The Bertz CT molecular complexity index is 2390. The molecule has 7 fully saturated rings. The first kappa shape index (κ1) is 55.4. The molecule has 0 spiro atoms. The van der Waals surface area contributed by atoms with Crippen LogP contribution in [0.25, 0.3) is 0 Å². The van der Waals surface area contributed by atoms with Gasteiger partial charge in [-0.2, -0.15) is 0 Å². The largest absolute Gasteiger partial charge is 0.477 e. The summed E-state index contributed by atoms with van der Waals surface area (Å²) in [6, 6.07) is 9.06. The van der Waals surface area contributed by atoms with Gasteiger partial charge in [0.25, 0.3) is 0 Å². The van der Waals surface area contributed by atoms with Crippen LogP contribution in [0.15, 0.2) is 72.4 Å². The van der Waals surface area contributed by atoms with Gasteiger partial charge in [-0.05, 0) is 177 Å². The van der Waals surface area contributed by atoms with E-state index in [0.717, 1.165) is 89.3 Å². The molecule has 2 N–H and O–H groups in total. The molecule has 406 valence electrons. The molecule has 9 rings (SSSR count). The molecule has 0 saturated heterocycles. The highest BCUT2D eigenvalue weighted by Gasteiger charge is 2.66. The Hall–Kier alpha value is -3.37. The summed E-state index contributed by atoms with van der Waals surface area (Å²) in [6.45, 7) is 17.2. The number of benzene rings is 1. The third-order valence-corrected chi connectivity index (χ3v) is 22.1. The van der Waals surface area contributed by atoms with E-state index in [9.17, 15) is 24.4 Å². The van der Waals surface area contributed by atoms with Crippen LogP contribution in [0.4, 0.5) is 5.69 Å². The van der Waals surface area contributed by atoms with E-state index in [1.165, 1.54) is 41.5 Å². The van der Waals surface area contributed by atoms with Gasteiger partial charge >= 0.3 is 13.8 Å². The number of hydrogen-bond donors (Lipinski definition) is 2. The van der Waals surface area contributed by atoms with Crippen molar-refractivity contribution in [1.29, 1.82) is 0 Å². The van der Waals surface area contributed by atoms with Crippen LogP contribution < -0.4 is 4.90 Å². The van der Waals surface area contributed by atoms with Crippen molar-refractivity contribution in [3.8, 4) is 11.8 Å². The number of nitrogens with zero attached hydrogens (tertiary/aromatic N) is 1. The lowest BCUT2D eigenvalue weighted by Crippen LogP contribution is -2.63. The number of Topliss-reactive ketones (excluding diaryl/α,β-unsaturated/α-hetero) is 1. The quantitative estimate of drug-likeness (QED) is 0.0421. The van der Waals surface area contributed by atoms with Crippen molar-refractivity contribution < 1.29 is 52.1 Å². The summed E-state index contributed by atoms with van der Waals surface area (Å²) in [5.41, 5.74) is 5.25. The Morgan fingerprint density at radius 3 is 2.43 bits per heavy atom. The number of phosphoric acid groups is 1. The van der Waals surface area contributed by atoms with Crippen LogP contribution in [-0.2, 0) is 41.9 Å². The normalized spacial score (nSPS) is 37.6. The summed E-state index contributed by atoms with van der Waals surface area (Å²) >= 11 is 0. The van der Waals surface area contributed by atoms with Gasteiger partial charge in [0, 0.05) is 50.4 Å². The predicted molar refractivity (Wildman–Crippen MR) is 287 cm³/mol. The Balaban J connectivity index is 0.874.